The van der Waals surface area contributed by atoms with Gasteiger partial charge in [0.1, 0.15) is 11.9 Å². The lowest BCUT2D eigenvalue weighted by Crippen LogP contribution is -2.42. The fourth-order valence-corrected chi connectivity index (χ4v) is 4.41. The summed E-state index contributed by atoms with van der Waals surface area (Å²) in [5, 5.41) is 10.6. The highest BCUT2D eigenvalue weighted by molar-refractivity contribution is 5.93. The molecule has 1 aliphatic carbocycles. The van der Waals surface area contributed by atoms with Crippen LogP contribution in [0.2, 0.25) is 0 Å². The van der Waals surface area contributed by atoms with Gasteiger partial charge in [-0.2, -0.15) is 0 Å². The van der Waals surface area contributed by atoms with E-state index in [9.17, 15) is 14.7 Å². The molecule has 29 heavy (non-hydrogen) atoms. The highest BCUT2D eigenvalue weighted by atomic mass is 16.5. The molecule has 1 saturated carbocycles. The van der Waals surface area contributed by atoms with Gasteiger partial charge in [-0.1, -0.05) is 6.07 Å². The molecular formula is C22H25NO6. The van der Waals surface area contributed by atoms with Crippen LogP contribution in [0.5, 0.6) is 5.75 Å². The number of amides is 1. The van der Waals surface area contributed by atoms with E-state index >= 15 is 0 Å². The number of nitrogens with zero attached hydrogens (tertiary/aromatic N) is 1. The SMILES string of the molecule is COC(=O)c1cccc(O[C@@H]2C[C@@H]3CN(C(=O)c4occc4C)C[C@@H]3C[C@H]2O)c1. The van der Waals surface area contributed by atoms with Gasteiger partial charge in [0.25, 0.3) is 5.91 Å². The third-order valence-electron chi connectivity index (χ3n) is 5.97. The Kier molecular flexibility index (Phi) is 5.32. The number of aliphatic hydroxyl groups is 1. The Morgan fingerprint density at radius 1 is 1.17 bits per heavy atom. The van der Waals surface area contributed by atoms with Crippen LogP contribution in [0.1, 0.15) is 39.3 Å². The van der Waals surface area contributed by atoms with E-state index in [0.717, 1.165) is 5.56 Å². The molecule has 4 atom stereocenters. The minimum atomic E-state index is -0.626. The van der Waals surface area contributed by atoms with E-state index < -0.39 is 12.1 Å². The lowest BCUT2D eigenvalue weighted by molar-refractivity contribution is -0.0231. The lowest BCUT2D eigenvalue weighted by atomic mass is 9.78. The summed E-state index contributed by atoms with van der Waals surface area (Å²) in [4.78, 5) is 26.3. The van der Waals surface area contributed by atoms with Gasteiger partial charge in [0.15, 0.2) is 5.76 Å². The van der Waals surface area contributed by atoms with Gasteiger partial charge in [-0.3, -0.25) is 4.79 Å². The number of fused-ring (bicyclic) bond motifs is 1. The Bertz CT molecular complexity index is 906. The second kappa shape index (κ2) is 7.91. The highest BCUT2D eigenvalue weighted by Gasteiger charge is 2.44. The van der Waals surface area contributed by atoms with E-state index in [2.05, 4.69) is 0 Å². The van der Waals surface area contributed by atoms with Crippen molar-refractivity contribution in [2.75, 3.05) is 20.2 Å². The van der Waals surface area contributed by atoms with Crippen LogP contribution in [0, 0.1) is 18.8 Å². The average molecular weight is 399 g/mol. The fourth-order valence-electron chi connectivity index (χ4n) is 4.41. The predicted molar refractivity (Wildman–Crippen MR) is 104 cm³/mol. The van der Waals surface area contributed by atoms with Gasteiger partial charge in [0.2, 0.25) is 0 Å². The van der Waals surface area contributed by atoms with Gasteiger partial charge in [-0.25, -0.2) is 4.79 Å². The minimum absolute atomic E-state index is 0.0976. The number of rotatable bonds is 4. The molecule has 4 rings (SSSR count). The number of aliphatic hydroxyl groups excluding tert-OH is 1. The highest BCUT2D eigenvalue weighted by Crippen LogP contribution is 2.38. The van der Waals surface area contributed by atoms with E-state index in [0.29, 0.717) is 43.0 Å². The zero-order chi connectivity index (χ0) is 20.5. The van der Waals surface area contributed by atoms with E-state index in [1.165, 1.54) is 13.4 Å². The van der Waals surface area contributed by atoms with Gasteiger partial charge < -0.3 is 23.9 Å². The number of carbonyl (C=O) groups is 2. The summed E-state index contributed by atoms with van der Waals surface area (Å²) in [6.07, 6.45) is 1.74. The Hall–Kier alpha value is -2.80. The van der Waals surface area contributed by atoms with Gasteiger partial charge in [-0.05, 0) is 55.9 Å². The molecule has 1 N–H and O–H groups in total. The van der Waals surface area contributed by atoms with Crippen molar-refractivity contribution in [1.29, 1.82) is 0 Å². The molecule has 2 aromatic rings. The van der Waals surface area contributed by atoms with Crippen molar-refractivity contribution >= 4 is 11.9 Å². The molecular weight excluding hydrogens is 374 g/mol. The number of furan rings is 1. The third kappa shape index (κ3) is 3.87. The van der Waals surface area contributed by atoms with Crippen molar-refractivity contribution in [3.05, 3.63) is 53.5 Å². The number of likely N-dealkylation sites (tertiary alicyclic amines) is 1. The molecule has 0 spiro atoms. The number of hydrogen-bond acceptors (Lipinski definition) is 6. The molecule has 2 heterocycles. The summed E-state index contributed by atoms with van der Waals surface area (Å²) in [7, 11) is 1.33. The van der Waals surface area contributed by atoms with Crippen molar-refractivity contribution in [3.8, 4) is 5.75 Å². The molecule has 154 valence electrons. The number of benzene rings is 1. The Morgan fingerprint density at radius 2 is 1.93 bits per heavy atom. The summed E-state index contributed by atoms with van der Waals surface area (Å²) in [5.74, 6) is 0.874. The second-order valence-electron chi connectivity index (χ2n) is 7.88. The molecule has 0 radical (unpaired) electrons. The molecule has 1 saturated heterocycles. The number of esters is 1. The molecule has 1 aromatic carbocycles. The maximum absolute atomic E-state index is 12.8. The fraction of sp³-hybridized carbons (Fsp3) is 0.455. The van der Waals surface area contributed by atoms with Crippen LogP contribution >= 0.6 is 0 Å². The first-order chi connectivity index (χ1) is 14.0. The van der Waals surface area contributed by atoms with Crippen LogP contribution in [0.25, 0.3) is 0 Å². The summed E-state index contributed by atoms with van der Waals surface area (Å²) in [6.45, 7) is 3.10. The smallest absolute Gasteiger partial charge is 0.337 e. The molecule has 0 bridgehead atoms. The molecule has 0 unspecified atom stereocenters. The maximum Gasteiger partial charge on any atom is 0.337 e. The molecule has 1 aliphatic heterocycles. The van der Waals surface area contributed by atoms with Crippen molar-refractivity contribution < 1.29 is 28.6 Å². The van der Waals surface area contributed by atoms with Crippen LogP contribution in [-0.2, 0) is 4.74 Å². The molecule has 1 amide bonds. The maximum atomic E-state index is 12.8. The largest absolute Gasteiger partial charge is 0.488 e. The van der Waals surface area contributed by atoms with Crippen molar-refractivity contribution in [3.63, 3.8) is 0 Å². The Morgan fingerprint density at radius 3 is 2.62 bits per heavy atom. The van der Waals surface area contributed by atoms with Crippen molar-refractivity contribution in [2.45, 2.75) is 32.0 Å². The predicted octanol–water partition coefficient (Wildman–Crippen LogP) is 2.67. The topological polar surface area (TPSA) is 89.2 Å². The Balaban J connectivity index is 1.43. The number of ether oxygens (including phenoxy) is 2. The first-order valence-electron chi connectivity index (χ1n) is 9.82. The van der Waals surface area contributed by atoms with Crippen molar-refractivity contribution in [2.24, 2.45) is 11.8 Å². The number of hydrogen-bond donors (Lipinski definition) is 1. The molecule has 2 aliphatic rings. The van der Waals surface area contributed by atoms with Crippen LogP contribution in [0.3, 0.4) is 0 Å². The summed E-state index contributed by atoms with van der Waals surface area (Å²) < 4.78 is 16.1. The minimum Gasteiger partial charge on any atom is -0.488 e. The standard InChI is InChI=1S/C22H25NO6/c1-13-6-7-28-20(13)21(25)23-11-15-9-18(24)19(10-16(15)12-23)29-17-5-3-4-14(8-17)22(26)27-2/h3-8,15-16,18-19,24H,9-12H2,1-2H3/t15-,16+,18+,19+/m0/s1. The zero-order valence-electron chi connectivity index (χ0n) is 16.5. The number of carbonyl (C=O) groups excluding carboxylic acids is 2. The van der Waals surface area contributed by atoms with Crippen LogP contribution in [-0.4, -0.2) is 54.3 Å². The quantitative estimate of drug-likeness (QED) is 0.795. The van der Waals surface area contributed by atoms with E-state index in [1.54, 1.807) is 30.3 Å². The van der Waals surface area contributed by atoms with Crippen molar-refractivity contribution in [1.82, 2.24) is 4.90 Å². The first-order valence-corrected chi connectivity index (χ1v) is 9.82. The van der Waals surface area contributed by atoms with Gasteiger partial charge in [0.05, 0.1) is 25.0 Å². The van der Waals surface area contributed by atoms with E-state index in [1.807, 2.05) is 11.8 Å². The normalized spacial score (nSPS) is 26.1. The summed E-state index contributed by atoms with van der Waals surface area (Å²) in [6, 6.07) is 8.54. The number of aryl methyl sites for hydroxylation is 1. The number of methoxy groups -OCH3 is 1. The lowest BCUT2D eigenvalue weighted by Gasteiger charge is -2.35. The second-order valence-corrected chi connectivity index (χ2v) is 7.88. The van der Waals surface area contributed by atoms with Gasteiger partial charge >= 0.3 is 5.97 Å². The zero-order valence-corrected chi connectivity index (χ0v) is 16.5. The van der Waals surface area contributed by atoms with Crippen LogP contribution in [0.15, 0.2) is 41.0 Å². The Labute approximate surface area is 169 Å². The molecule has 7 nitrogen and oxygen atoms in total. The summed E-state index contributed by atoms with van der Waals surface area (Å²) in [5.41, 5.74) is 1.23. The molecule has 7 heteroatoms. The monoisotopic (exact) mass is 399 g/mol. The van der Waals surface area contributed by atoms with E-state index in [-0.39, 0.29) is 23.8 Å². The van der Waals surface area contributed by atoms with E-state index in [4.69, 9.17) is 13.9 Å². The average Bonchev–Trinajstić information content (AvgIpc) is 3.33. The van der Waals surface area contributed by atoms with Crippen LogP contribution < -0.4 is 4.74 Å². The van der Waals surface area contributed by atoms with Gasteiger partial charge in [-0.15, -0.1) is 0 Å². The first kappa shape index (κ1) is 19.5. The third-order valence-corrected chi connectivity index (χ3v) is 5.97. The van der Waals surface area contributed by atoms with Gasteiger partial charge in [0, 0.05) is 18.7 Å². The summed E-state index contributed by atoms with van der Waals surface area (Å²) >= 11 is 0. The molecule has 1 aromatic heterocycles. The van der Waals surface area contributed by atoms with Crippen LogP contribution in [0.4, 0.5) is 0 Å². The molecule has 2 fully saturated rings.